The van der Waals surface area contributed by atoms with Crippen LogP contribution in [0.2, 0.25) is 0 Å². The third-order valence-corrected chi connectivity index (χ3v) is 6.00. The van der Waals surface area contributed by atoms with Gasteiger partial charge in [-0.3, -0.25) is 4.79 Å². The Morgan fingerprint density at radius 2 is 1.76 bits per heavy atom. The van der Waals surface area contributed by atoms with Crippen molar-refractivity contribution >= 4 is 17.3 Å². The Hall–Kier alpha value is -3.48. The molecule has 7 heteroatoms. The average molecular weight is 454 g/mol. The lowest BCUT2D eigenvalue weighted by Crippen LogP contribution is -2.37. The van der Waals surface area contributed by atoms with E-state index in [0.29, 0.717) is 0 Å². The molecule has 0 unspecified atom stereocenters. The molecule has 1 amide bonds. The number of hydrogen-bond donors (Lipinski definition) is 1. The fourth-order valence-corrected chi connectivity index (χ4v) is 4.22. The molecule has 0 aliphatic carbocycles. The summed E-state index contributed by atoms with van der Waals surface area (Å²) in [5, 5.41) is 2.86. The minimum absolute atomic E-state index is 0.00615. The number of carbonyl (C=O) groups is 1. The van der Waals surface area contributed by atoms with Gasteiger partial charge in [0.05, 0.1) is 11.6 Å². The minimum Gasteiger partial charge on any atom is -0.378 e. The standard InChI is InChI=1S/C26H26F3N3O/c1-31(2)22-12-10-19(11-13-22)24(32-15-14-18-6-3-4-9-23(18)32)17-30-25(33)20-7-5-8-21(16-20)26(27,28)29/h3-13,16,24H,14-15,17H2,1-2H3,(H,30,33)/t24-/m0/s1. The molecule has 0 bridgehead atoms. The van der Waals surface area contributed by atoms with Crippen LogP contribution < -0.4 is 15.1 Å². The highest BCUT2D eigenvalue weighted by molar-refractivity contribution is 5.94. The third-order valence-electron chi connectivity index (χ3n) is 6.00. The first-order valence-electron chi connectivity index (χ1n) is 10.8. The van der Waals surface area contributed by atoms with Crippen molar-refractivity contribution in [2.75, 3.05) is 37.0 Å². The van der Waals surface area contributed by atoms with Crippen LogP contribution in [0.4, 0.5) is 24.5 Å². The summed E-state index contributed by atoms with van der Waals surface area (Å²) < 4.78 is 39.2. The van der Waals surface area contributed by atoms with Crippen LogP contribution >= 0.6 is 0 Å². The first-order chi connectivity index (χ1) is 15.7. The zero-order valence-electron chi connectivity index (χ0n) is 18.6. The molecule has 1 aliphatic rings. The number of halogens is 3. The van der Waals surface area contributed by atoms with Gasteiger partial charge in [0.1, 0.15) is 0 Å². The van der Waals surface area contributed by atoms with Crippen molar-refractivity contribution in [1.29, 1.82) is 0 Å². The van der Waals surface area contributed by atoms with Gasteiger partial charge in [-0.15, -0.1) is 0 Å². The number of carbonyl (C=O) groups excluding carboxylic acids is 1. The van der Waals surface area contributed by atoms with Crippen molar-refractivity contribution in [2.24, 2.45) is 0 Å². The topological polar surface area (TPSA) is 35.6 Å². The normalized spacial score (nSPS) is 14.0. The number of nitrogens with zero attached hydrogens (tertiary/aromatic N) is 2. The largest absolute Gasteiger partial charge is 0.416 e. The Kier molecular flexibility index (Phi) is 6.31. The van der Waals surface area contributed by atoms with Gasteiger partial charge in [-0.25, -0.2) is 0 Å². The maximum absolute atomic E-state index is 13.1. The molecular formula is C26H26F3N3O. The Morgan fingerprint density at radius 3 is 2.45 bits per heavy atom. The van der Waals surface area contributed by atoms with Crippen LogP contribution in [0.1, 0.15) is 33.1 Å². The summed E-state index contributed by atoms with van der Waals surface area (Å²) in [5.74, 6) is -0.525. The predicted octanol–water partition coefficient (Wildman–Crippen LogP) is 5.31. The van der Waals surface area contributed by atoms with Crippen LogP contribution in [-0.2, 0) is 12.6 Å². The van der Waals surface area contributed by atoms with Crippen LogP contribution in [-0.4, -0.2) is 33.1 Å². The highest BCUT2D eigenvalue weighted by Gasteiger charge is 2.31. The summed E-state index contributed by atoms with van der Waals surface area (Å²) in [7, 11) is 3.94. The zero-order valence-corrected chi connectivity index (χ0v) is 18.6. The molecule has 4 rings (SSSR count). The molecule has 0 saturated heterocycles. The van der Waals surface area contributed by atoms with Gasteiger partial charge in [0, 0.05) is 44.1 Å². The lowest BCUT2D eigenvalue weighted by atomic mass is 10.0. The summed E-state index contributed by atoms with van der Waals surface area (Å²) in [5.41, 5.74) is 3.62. The van der Waals surface area contributed by atoms with Gasteiger partial charge < -0.3 is 15.1 Å². The number of para-hydroxylation sites is 1. The number of alkyl halides is 3. The van der Waals surface area contributed by atoms with Crippen molar-refractivity contribution in [3.63, 3.8) is 0 Å². The number of rotatable bonds is 6. The van der Waals surface area contributed by atoms with Gasteiger partial charge in [-0.1, -0.05) is 36.4 Å². The van der Waals surface area contributed by atoms with Crippen molar-refractivity contribution < 1.29 is 18.0 Å². The molecule has 0 radical (unpaired) electrons. The van der Waals surface area contributed by atoms with E-state index in [9.17, 15) is 18.0 Å². The lowest BCUT2D eigenvalue weighted by Gasteiger charge is -2.31. The minimum atomic E-state index is -4.49. The van der Waals surface area contributed by atoms with Crippen molar-refractivity contribution in [1.82, 2.24) is 5.32 Å². The van der Waals surface area contributed by atoms with Crippen molar-refractivity contribution in [3.8, 4) is 0 Å². The Bertz CT molecular complexity index is 1130. The summed E-state index contributed by atoms with van der Waals surface area (Å²) in [4.78, 5) is 17.0. The van der Waals surface area contributed by atoms with E-state index in [2.05, 4.69) is 22.3 Å². The van der Waals surface area contributed by atoms with E-state index in [1.165, 1.54) is 17.7 Å². The maximum Gasteiger partial charge on any atom is 0.416 e. The quantitative estimate of drug-likeness (QED) is 0.550. The van der Waals surface area contributed by atoms with Crippen LogP contribution in [0, 0.1) is 0 Å². The molecule has 0 fully saturated rings. The van der Waals surface area contributed by atoms with E-state index in [1.54, 1.807) is 0 Å². The second-order valence-corrected chi connectivity index (χ2v) is 8.36. The van der Waals surface area contributed by atoms with Gasteiger partial charge in [-0.05, 0) is 53.9 Å². The van der Waals surface area contributed by atoms with Crippen LogP contribution in [0.5, 0.6) is 0 Å². The van der Waals surface area contributed by atoms with Crippen LogP contribution in [0.25, 0.3) is 0 Å². The second-order valence-electron chi connectivity index (χ2n) is 8.36. The number of anilines is 2. The molecule has 1 heterocycles. The van der Waals surface area contributed by atoms with Crippen molar-refractivity contribution in [2.45, 2.75) is 18.6 Å². The molecule has 33 heavy (non-hydrogen) atoms. The number of benzene rings is 3. The predicted molar refractivity (Wildman–Crippen MR) is 125 cm³/mol. The van der Waals surface area contributed by atoms with E-state index >= 15 is 0 Å². The molecule has 1 aliphatic heterocycles. The number of nitrogens with one attached hydrogen (secondary N) is 1. The van der Waals surface area contributed by atoms with Gasteiger partial charge in [0.15, 0.2) is 0 Å². The zero-order chi connectivity index (χ0) is 23.6. The highest BCUT2D eigenvalue weighted by Crippen LogP contribution is 2.35. The summed E-state index contributed by atoms with van der Waals surface area (Å²) in [6, 6.07) is 20.7. The van der Waals surface area contributed by atoms with Crippen LogP contribution in [0.15, 0.2) is 72.8 Å². The Morgan fingerprint density at radius 1 is 1.03 bits per heavy atom. The molecule has 0 saturated carbocycles. The van der Waals surface area contributed by atoms with Crippen LogP contribution in [0.3, 0.4) is 0 Å². The summed E-state index contributed by atoms with van der Waals surface area (Å²) in [6.07, 6.45) is -3.59. The monoisotopic (exact) mass is 453 g/mol. The first-order valence-corrected chi connectivity index (χ1v) is 10.8. The van der Waals surface area contributed by atoms with Crippen molar-refractivity contribution in [3.05, 3.63) is 95.1 Å². The second kappa shape index (κ2) is 9.17. The Balaban J connectivity index is 1.59. The third kappa shape index (κ3) is 4.97. The van der Waals surface area contributed by atoms with E-state index in [-0.39, 0.29) is 18.2 Å². The highest BCUT2D eigenvalue weighted by atomic mass is 19.4. The maximum atomic E-state index is 13.1. The lowest BCUT2D eigenvalue weighted by molar-refractivity contribution is -0.137. The molecule has 0 spiro atoms. The molecule has 1 N–H and O–H groups in total. The fourth-order valence-electron chi connectivity index (χ4n) is 4.22. The number of fused-ring (bicyclic) bond motifs is 1. The summed E-state index contributed by atoms with van der Waals surface area (Å²) in [6.45, 7) is 1.07. The first kappa shape index (κ1) is 22.7. The molecule has 3 aromatic carbocycles. The Labute approximate surface area is 191 Å². The molecule has 172 valence electrons. The molecule has 3 aromatic rings. The molecular weight excluding hydrogens is 427 g/mol. The van der Waals surface area contributed by atoms with Gasteiger partial charge in [0.25, 0.3) is 5.91 Å². The average Bonchev–Trinajstić information content (AvgIpc) is 3.23. The molecule has 4 nitrogen and oxygen atoms in total. The molecule has 1 atom stereocenters. The van der Waals surface area contributed by atoms with E-state index in [4.69, 9.17) is 0 Å². The summed E-state index contributed by atoms with van der Waals surface area (Å²) >= 11 is 0. The number of hydrogen-bond acceptors (Lipinski definition) is 3. The molecule has 0 aromatic heterocycles. The fraction of sp³-hybridized carbons (Fsp3) is 0.269. The smallest absolute Gasteiger partial charge is 0.378 e. The number of amides is 1. The van der Waals surface area contributed by atoms with Gasteiger partial charge in [0.2, 0.25) is 0 Å². The van der Waals surface area contributed by atoms with Gasteiger partial charge >= 0.3 is 6.18 Å². The van der Waals surface area contributed by atoms with E-state index < -0.39 is 17.6 Å². The van der Waals surface area contributed by atoms with E-state index in [0.717, 1.165) is 42.0 Å². The van der Waals surface area contributed by atoms with Gasteiger partial charge in [-0.2, -0.15) is 13.2 Å². The SMILES string of the molecule is CN(C)c1ccc([C@H](CNC(=O)c2cccc(C(F)(F)F)c2)N2CCc3ccccc32)cc1. The van der Waals surface area contributed by atoms with E-state index in [1.807, 2.05) is 55.4 Å².